The van der Waals surface area contributed by atoms with Crippen molar-refractivity contribution < 1.29 is 28.6 Å². The molecule has 3 N–H and O–H groups in total. The minimum atomic E-state index is -0.979. The van der Waals surface area contributed by atoms with Crippen molar-refractivity contribution in [3.05, 3.63) is 53.8 Å². The quantitative estimate of drug-likeness (QED) is 0.706. The summed E-state index contributed by atoms with van der Waals surface area (Å²) >= 11 is 0. The summed E-state index contributed by atoms with van der Waals surface area (Å²) in [7, 11) is 0. The summed E-state index contributed by atoms with van der Waals surface area (Å²) in [5.41, 5.74) is 0.535. The third-order valence-electron chi connectivity index (χ3n) is 3.81. The summed E-state index contributed by atoms with van der Waals surface area (Å²) in [6.07, 6.45) is -0.655. The molecular weight excluding hydrogens is 343 g/mol. The summed E-state index contributed by atoms with van der Waals surface area (Å²) in [4.78, 5) is 23.5. The monoisotopic (exact) mass is 360 g/mol. The number of fused-ring (bicyclic) bond motifs is 1. The van der Waals surface area contributed by atoms with Crippen LogP contribution in [0.3, 0.4) is 0 Å². The highest BCUT2D eigenvalue weighted by molar-refractivity contribution is 6.39. The zero-order chi connectivity index (χ0) is 18.5. The lowest BCUT2D eigenvalue weighted by molar-refractivity contribution is -0.136. The lowest BCUT2D eigenvalue weighted by atomic mass is 10.1. The Balaban J connectivity index is 1.47. The normalized spacial score (nSPS) is 13.2. The molecule has 3 rings (SSSR count). The Morgan fingerprint density at radius 1 is 1.12 bits per heavy atom. The predicted octanol–water partition coefficient (Wildman–Crippen LogP) is 1.73. The average Bonchev–Trinajstić information content (AvgIpc) is 3.11. The van der Waals surface area contributed by atoms with E-state index in [4.69, 9.17) is 9.47 Å². The standard InChI is InChI=1S/C18H17FN2O5/c19-12-3-1-2-4-13(12)21-18(24)17(23)20-8-7-14(22)11-5-6-15-16(9-11)26-10-25-15/h1-6,9,14,22H,7-8,10H2,(H,20,23)(H,21,24). The highest BCUT2D eigenvalue weighted by atomic mass is 19.1. The molecule has 1 aliphatic rings. The molecule has 7 nitrogen and oxygen atoms in total. The number of halogens is 1. The third kappa shape index (κ3) is 4.09. The number of nitrogens with one attached hydrogen (secondary N) is 2. The number of aliphatic hydroxyl groups is 1. The zero-order valence-electron chi connectivity index (χ0n) is 13.7. The van der Waals surface area contributed by atoms with Gasteiger partial charge in [-0.15, -0.1) is 0 Å². The van der Waals surface area contributed by atoms with Crippen LogP contribution >= 0.6 is 0 Å². The first-order valence-electron chi connectivity index (χ1n) is 7.96. The van der Waals surface area contributed by atoms with Crippen LogP contribution in [0, 0.1) is 5.82 Å². The molecule has 2 aromatic carbocycles. The number of para-hydroxylation sites is 1. The second-order valence-electron chi connectivity index (χ2n) is 5.61. The van der Waals surface area contributed by atoms with E-state index < -0.39 is 23.7 Å². The summed E-state index contributed by atoms with van der Waals surface area (Å²) in [6, 6.07) is 10.6. The molecule has 1 unspecified atom stereocenters. The molecule has 1 atom stereocenters. The van der Waals surface area contributed by atoms with E-state index >= 15 is 0 Å². The Morgan fingerprint density at radius 2 is 1.88 bits per heavy atom. The fourth-order valence-electron chi connectivity index (χ4n) is 2.43. The number of hydrogen-bond donors (Lipinski definition) is 3. The largest absolute Gasteiger partial charge is 0.454 e. The number of carbonyl (C=O) groups is 2. The highest BCUT2D eigenvalue weighted by Gasteiger charge is 2.18. The number of rotatable bonds is 5. The van der Waals surface area contributed by atoms with Gasteiger partial charge in [-0.3, -0.25) is 9.59 Å². The first-order chi connectivity index (χ1) is 12.5. The maximum Gasteiger partial charge on any atom is 0.313 e. The Kier molecular flexibility index (Phi) is 5.33. The Bertz CT molecular complexity index is 827. The van der Waals surface area contributed by atoms with Crippen LogP contribution in [0.1, 0.15) is 18.1 Å². The second-order valence-corrected chi connectivity index (χ2v) is 5.61. The molecule has 2 aromatic rings. The molecule has 1 heterocycles. The highest BCUT2D eigenvalue weighted by Crippen LogP contribution is 2.34. The summed E-state index contributed by atoms with van der Waals surface area (Å²) in [5, 5.41) is 14.8. The molecule has 0 spiro atoms. The number of benzene rings is 2. The van der Waals surface area contributed by atoms with E-state index in [2.05, 4.69) is 10.6 Å². The number of hydrogen-bond acceptors (Lipinski definition) is 5. The van der Waals surface area contributed by atoms with E-state index in [0.29, 0.717) is 17.1 Å². The average molecular weight is 360 g/mol. The molecule has 1 aliphatic heterocycles. The molecular formula is C18H17FN2O5. The SMILES string of the molecule is O=C(NCCC(O)c1ccc2c(c1)OCO2)C(=O)Nc1ccccc1F. The first kappa shape index (κ1) is 17.7. The Morgan fingerprint density at radius 3 is 2.69 bits per heavy atom. The number of carbonyl (C=O) groups excluding carboxylic acids is 2. The number of amides is 2. The molecule has 2 amide bonds. The van der Waals surface area contributed by atoms with Crippen LogP contribution in [0.15, 0.2) is 42.5 Å². The molecule has 0 saturated carbocycles. The van der Waals surface area contributed by atoms with Gasteiger partial charge in [0.25, 0.3) is 0 Å². The van der Waals surface area contributed by atoms with Gasteiger partial charge in [0.2, 0.25) is 6.79 Å². The van der Waals surface area contributed by atoms with Gasteiger partial charge >= 0.3 is 11.8 Å². The van der Waals surface area contributed by atoms with Crippen LogP contribution in [-0.4, -0.2) is 30.3 Å². The van der Waals surface area contributed by atoms with Crippen LogP contribution < -0.4 is 20.1 Å². The van der Waals surface area contributed by atoms with Crippen molar-refractivity contribution in [3.8, 4) is 11.5 Å². The molecule has 0 radical (unpaired) electrons. The van der Waals surface area contributed by atoms with E-state index in [-0.39, 0.29) is 25.4 Å². The lowest BCUT2D eigenvalue weighted by Crippen LogP contribution is -2.36. The Hall–Kier alpha value is -3.13. The summed E-state index contributed by atoms with van der Waals surface area (Å²) in [6.45, 7) is 0.210. The van der Waals surface area contributed by atoms with E-state index in [1.54, 1.807) is 24.3 Å². The number of ether oxygens (including phenoxy) is 2. The predicted molar refractivity (Wildman–Crippen MR) is 90.2 cm³/mol. The molecule has 0 aliphatic carbocycles. The van der Waals surface area contributed by atoms with Gasteiger partial charge < -0.3 is 25.2 Å². The molecule has 0 fully saturated rings. The lowest BCUT2D eigenvalue weighted by Gasteiger charge is -2.12. The van der Waals surface area contributed by atoms with Crippen molar-refractivity contribution in [2.24, 2.45) is 0 Å². The van der Waals surface area contributed by atoms with Crippen LogP contribution in [0.4, 0.5) is 10.1 Å². The molecule has 0 aromatic heterocycles. The minimum Gasteiger partial charge on any atom is -0.454 e. The van der Waals surface area contributed by atoms with Gasteiger partial charge in [0.05, 0.1) is 11.8 Å². The molecule has 8 heteroatoms. The van der Waals surface area contributed by atoms with Gasteiger partial charge in [-0.1, -0.05) is 18.2 Å². The van der Waals surface area contributed by atoms with Gasteiger partial charge in [-0.2, -0.15) is 0 Å². The molecule has 0 bridgehead atoms. The van der Waals surface area contributed by atoms with Crippen molar-refractivity contribution in [2.75, 3.05) is 18.7 Å². The van der Waals surface area contributed by atoms with Gasteiger partial charge in [0, 0.05) is 6.54 Å². The van der Waals surface area contributed by atoms with Crippen LogP contribution in [-0.2, 0) is 9.59 Å². The summed E-state index contributed by atoms with van der Waals surface area (Å²) < 4.78 is 23.9. The first-order valence-corrected chi connectivity index (χ1v) is 7.96. The van der Waals surface area contributed by atoms with E-state index in [9.17, 15) is 19.1 Å². The third-order valence-corrected chi connectivity index (χ3v) is 3.81. The molecule has 136 valence electrons. The minimum absolute atomic E-state index is 0.0686. The van der Waals surface area contributed by atoms with Gasteiger partial charge in [-0.25, -0.2) is 4.39 Å². The number of aliphatic hydroxyl groups excluding tert-OH is 1. The molecule has 0 saturated heterocycles. The van der Waals surface area contributed by atoms with Crippen molar-refractivity contribution in [1.82, 2.24) is 5.32 Å². The fourth-order valence-corrected chi connectivity index (χ4v) is 2.43. The van der Waals surface area contributed by atoms with Crippen LogP contribution in [0.2, 0.25) is 0 Å². The zero-order valence-corrected chi connectivity index (χ0v) is 13.7. The van der Waals surface area contributed by atoms with Crippen LogP contribution in [0.5, 0.6) is 11.5 Å². The fraction of sp³-hybridized carbons (Fsp3) is 0.222. The van der Waals surface area contributed by atoms with E-state index in [0.717, 1.165) is 0 Å². The van der Waals surface area contributed by atoms with Crippen molar-refractivity contribution in [1.29, 1.82) is 0 Å². The maximum atomic E-state index is 13.5. The van der Waals surface area contributed by atoms with Crippen molar-refractivity contribution in [2.45, 2.75) is 12.5 Å². The topological polar surface area (TPSA) is 96.9 Å². The maximum absolute atomic E-state index is 13.5. The summed E-state index contributed by atoms with van der Waals surface area (Å²) in [5.74, 6) is -1.36. The van der Waals surface area contributed by atoms with E-state index in [1.807, 2.05) is 0 Å². The van der Waals surface area contributed by atoms with Crippen molar-refractivity contribution in [3.63, 3.8) is 0 Å². The molecule has 26 heavy (non-hydrogen) atoms. The number of anilines is 1. The van der Waals surface area contributed by atoms with E-state index in [1.165, 1.54) is 18.2 Å². The van der Waals surface area contributed by atoms with Gasteiger partial charge in [-0.05, 0) is 36.2 Å². The smallest absolute Gasteiger partial charge is 0.313 e. The van der Waals surface area contributed by atoms with Gasteiger partial charge in [0.15, 0.2) is 11.5 Å². The second kappa shape index (κ2) is 7.83. The Labute approximate surface area is 148 Å². The van der Waals surface area contributed by atoms with Crippen LogP contribution in [0.25, 0.3) is 0 Å². The van der Waals surface area contributed by atoms with Crippen molar-refractivity contribution >= 4 is 17.5 Å². The van der Waals surface area contributed by atoms with Gasteiger partial charge in [0.1, 0.15) is 5.82 Å².